The SMILES string of the molecule is C=CC(=O)N1CCCC(n2nc(-c3ccc(Oc4cccc(OCc5ccccc5)c4)cc3)c3c(N)ncnc32)C1. The monoisotopic (exact) mass is 546 g/mol. The molecule has 206 valence electrons. The molecule has 41 heavy (non-hydrogen) atoms. The minimum Gasteiger partial charge on any atom is -0.489 e. The van der Waals surface area contributed by atoms with Crippen molar-refractivity contribution in [1.82, 2.24) is 24.6 Å². The third-order valence-corrected chi connectivity index (χ3v) is 7.16. The quantitative estimate of drug-likeness (QED) is 0.245. The van der Waals surface area contributed by atoms with E-state index in [0.29, 0.717) is 53.7 Å². The number of carbonyl (C=O) groups excluding carboxylic acids is 1. The Morgan fingerprint density at radius 2 is 1.80 bits per heavy atom. The Bertz CT molecular complexity index is 1680. The number of benzene rings is 3. The molecule has 2 aromatic heterocycles. The molecule has 6 rings (SSSR count). The van der Waals surface area contributed by atoms with Gasteiger partial charge in [-0.05, 0) is 60.9 Å². The van der Waals surface area contributed by atoms with Gasteiger partial charge in [-0.3, -0.25) is 4.79 Å². The van der Waals surface area contributed by atoms with E-state index in [1.54, 1.807) is 4.90 Å². The van der Waals surface area contributed by atoms with Gasteiger partial charge in [-0.2, -0.15) is 5.10 Å². The van der Waals surface area contributed by atoms with E-state index in [1.807, 2.05) is 83.5 Å². The lowest BCUT2D eigenvalue weighted by Crippen LogP contribution is -2.40. The van der Waals surface area contributed by atoms with E-state index in [-0.39, 0.29) is 11.9 Å². The van der Waals surface area contributed by atoms with Crippen molar-refractivity contribution >= 4 is 22.8 Å². The molecular weight excluding hydrogens is 516 g/mol. The Morgan fingerprint density at radius 3 is 2.61 bits per heavy atom. The maximum absolute atomic E-state index is 12.3. The lowest BCUT2D eigenvalue weighted by atomic mass is 10.1. The van der Waals surface area contributed by atoms with Crippen LogP contribution in [0.2, 0.25) is 0 Å². The summed E-state index contributed by atoms with van der Waals surface area (Å²) in [6.07, 6.45) is 4.55. The number of hydrogen-bond acceptors (Lipinski definition) is 7. The van der Waals surface area contributed by atoms with E-state index in [2.05, 4.69) is 16.5 Å². The minimum atomic E-state index is -0.0793. The predicted molar refractivity (Wildman–Crippen MR) is 158 cm³/mol. The number of likely N-dealkylation sites (tertiary alicyclic amines) is 1. The van der Waals surface area contributed by atoms with Crippen molar-refractivity contribution < 1.29 is 14.3 Å². The molecule has 1 saturated heterocycles. The molecule has 1 atom stereocenters. The number of nitrogens with zero attached hydrogens (tertiary/aromatic N) is 5. The third kappa shape index (κ3) is 5.60. The summed E-state index contributed by atoms with van der Waals surface area (Å²) in [4.78, 5) is 22.8. The van der Waals surface area contributed by atoms with Crippen molar-refractivity contribution in [2.75, 3.05) is 18.8 Å². The molecule has 2 N–H and O–H groups in total. The van der Waals surface area contributed by atoms with Gasteiger partial charge in [0.15, 0.2) is 5.65 Å². The lowest BCUT2D eigenvalue weighted by molar-refractivity contribution is -0.127. The van der Waals surface area contributed by atoms with E-state index in [1.165, 1.54) is 12.4 Å². The van der Waals surface area contributed by atoms with Crippen molar-refractivity contribution in [3.8, 4) is 28.5 Å². The number of anilines is 1. The molecule has 0 spiro atoms. The van der Waals surface area contributed by atoms with Gasteiger partial charge in [0.2, 0.25) is 5.91 Å². The smallest absolute Gasteiger partial charge is 0.246 e. The summed E-state index contributed by atoms with van der Waals surface area (Å²) in [7, 11) is 0. The summed E-state index contributed by atoms with van der Waals surface area (Å²) in [6, 6.07) is 25.2. The molecule has 9 heteroatoms. The number of nitrogen functional groups attached to an aromatic ring is 1. The topological polar surface area (TPSA) is 108 Å². The number of ether oxygens (including phenoxy) is 2. The van der Waals surface area contributed by atoms with Crippen LogP contribution in [0.25, 0.3) is 22.3 Å². The summed E-state index contributed by atoms with van der Waals surface area (Å²) in [6.45, 7) is 5.35. The van der Waals surface area contributed by atoms with Crippen LogP contribution in [0, 0.1) is 0 Å². The standard InChI is InChI=1S/C32H30N6O3/c1-2-28(39)37-17-7-10-24(19-37)38-32-29(31(33)34-21-35-32)30(36-38)23-13-15-25(16-14-23)41-27-12-6-11-26(18-27)40-20-22-8-4-3-5-9-22/h2-6,8-9,11-16,18,21,24H,1,7,10,17,19-20H2,(H2,33,34,35). The predicted octanol–water partition coefficient (Wildman–Crippen LogP) is 5.80. The highest BCUT2D eigenvalue weighted by atomic mass is 16.5. The van der Waals surface area contributed by atoms with Gasteiger partial charge >= 0.3 is 0 Å². The zero-order valence-corrected chi connectivity index (χ0v) is 22.5. The van der Waals surface area contributed by atoms with Crippen LogP contribution in [0.1, 0.15) is 24.4 Å². The molecule has 0 bridgehead atoms. The fourth-order valence-corrected chi connectivity index (χ4v) is 5.12. The van der Waals surface area contributed by atoms with E-state index >= 15 is 0 Å². The molecule has 1 unspecified atom stereocenters. The summed E-state index contributed by atoms with van der Waals surface area (Å²) < 4.78 is 13.9. The first-order valence-electron chi connectivity index (χ1n) is 13.5. The first kappa shape index (κ1) is 26.1. The maximum atomic E-state index is 12.3. The first-order chi connectivity index (χ1) is 20.1. The summed E-state index contributed by atoms with van der Waals surface area (Å²) in [5.41, 5.74) is 9.62. The molecule has 1 amide bonds. The highest BCUT2D eigenvalue weighted by Gasteiger charge is 2.28. The van der Waals surface area contributed by atoms with Crippen molar-refractivity contribution in [1.29, 1.82) is 0 Å². The first-order valence-corrected chi connectivity index (χ1v) is 13.5. The van der Waals surface area contributed by atoms with Crippen molar-refractivity contribution in [3.63, 3.8) is 0 Å². The van der Waals surface area contributed by atoms with Crippen LogP contribution in [0.3, 0.4) is 0 Å². The van der Waals surface area contributed by atoms with Crippen LogP contribution in [0.4, 0.5) is 5.82 Å². The van der Waals surface area contributed by atoms with Gasteiger partial charge < -0.3 is 20.1 Å². The minimum absolute atomic E-state index is 0.0304. The van der Waals surface area contributed by atoms with Gasteiger partial charge in [-0.25, -0.2) is 14.6 Å². The molecule has 9 nitrogen and oxygen atoms in total. The molecule has 0 aliphatic carbocycles. The second kappa shape index (κ2) is 11.5. The Morgan fingerprint density at radius 1 is 1.00 bits per heavy atom. The molecule has 5 aromatic rings. The van der Waals surface area contributed by atoms with E-state index < -0.39 is 0 Å². The lowest BCUT2D eigenvalue weighted by Gasteiger charge is -2.32. The van der Waals surface area contributed by atoms with Gasteiger partial charge in [0.1, 0.15) is 41.7 Å². The van der Waals surface area contributed by atoms with E-state index in [0.717, 1.165) is 29.7 Å². The largest absolute Gasteiger partial charge is 0.489 e. The van der Waals surface area contributed by atoms with Gasteiger partial charge in [0.25, 0.3) is 0 Å². The Kier molecular flexibility index (Phi) is 7.32. The zero-order valence-electron chi connectivity index (χ0n) is 22.5. The Balaban J connectivity index is 1.22. The van der Waals surface area contributed by atoms with Gasteiger partial charge in [0, 0.05) is 24.7 Å². The Hall–Kier alpha value is -5.18. The highest BCUT2D eigenvalue weighted by Crippen LogP contribution is 2.35. The van der Waals surface area contributed by atoms with Crippen LogP contribution in [0.5, 0.6) is 17.2 Å². The number of piperidine rings is 1. The number of aromatic nitrogens is 4. The number of carbonyl (C=O) groups is 1. The average Bonchev–Trinajstić information content (AvgIpc) is 3.42. The van der Waals surface area contributed by atoms with Crippen LogP contribution in [0.15, 0.2) is 97.8 Å². The van der Waals surface area contributed by atoms with Crippen molar-refractivity contribution in [2.45, 2.75) is 25.5 Å². The second-order valence-corrected chi connectivity index (χ2v) is 9.91. The summed E-state index contributed by atoms with van der Waals surface area (Å²) in [5, 5.41) is 5.64. The number of nitrogens with two attached hydrogens (primary N) is 1. The van der Waals surface area contributed by atoms with Gasteiger partial charge in [-0.15, -0.1) is 0 Å². The Labute approximate surface area is 237 Å². The molecular formula is C32H30N6O3. The molecule has 3 heterocycles. The molecule has 0 radical (unpaired) electrons. The normalized spacial score (nSPS) is 15.0. The maximum Gasteiger partial charge on any atom is 0.246 e. The third-order valence-electron chi connectivity index (χ3n) is 7.16. The van der Waals surface area contributed by atoms with Crippen LogP contribution in [-0.4, -0.2) is 43.6 Å². The van der Waals surface area contributed by atoms with Crippen LogP contribution in [-0.2, 0) is 11.4 Å². The number of hydrogen-bond donors (Lipinski definition) is 1. The zero-order chi connectivity index (χ0) is 28.2. The average molecular weight is 547 g/mol. The number of fused-ring (bicyclic) bond motifs is 1. The second-order valence-electron chi connectivity index (χ2n) is 9.91. The fourth-order valence-electron chi connectivity index (χ4n) is 5.12. The van der Waals surface area contributed by atoms with E-state index in [4.69, 9.17) is 20.3 Å². The molecule has 0 saturated carbocycles. The molecule has 1 fully saturated rings. The molecule has 1 aliphatic rings. The number of rotatable bonds is 8. The fraction of sp³-hybridized carbons (Fsp3) is 0.188. The molecule has 3 aromatic carbocycles. The van der Waals surface area contributed by atoms with Crippen LogP contribution < -0.4 is 15.2 Å². The summed E-state index contributed by atoms with van der Waals surface area (Å²) >= 11 is 0. The highest BCUT2D eigenvalue weighted by molar-refractivity contribution is 5.98. The van der Waals surface area contributed by atoms with Crippen LogP contribution >= 0.6 is 0 Å². The summed E-state index contributed by atoms with van der Waals surface area (Å²) in [5.74, 6) is 2.36. The van der Waals surface area contributed by atoms with E-state index in [9.17, 15) is 4.79 Å². The molecule has 1 aliphatic heterocycles. The number of amides is 1. The van der Waals surface area contributed by atoms with Crippen molar-refractivity contribution in [3.05, 3.63) is 103 Å². The van der Waals surface area contributed by atoms with Crippen molar-refractivity contribution in [2.24, 2.45) is 0 Å². The van der Waals surface area contributed by atoms with Gasteiger partial charge in [-0.1, -0.05) is 43.0 Å². The van der Waals surface area contributed by atoms with Gasteiger partial charge in [0.05, 0.1) is 11.4 Å².